The van der Waals surface area contributed by atoms with E-state index in [0.717, 1.165) is 19.1 Å². The number of halogens is 4. The van der Waals surface area contributed by atoms with Crippen LogP contribution >= 0.6 is 0 Å². The van der Waals surface area contributed by atoms with Gasteiger partial charge in [-0.05, 0) is 13.0 Å². The van der Waals surface area contributed by atoms with Crippen LogP contribution in [0.3, 0.4) is 0 Å². The quantitative estimate of drug-likeness (QED) is 0.596. The van der Waals surface area contributed by atoms with E-state index in [2.05, 4.69) is 28.6 Å². The van der Waals surface area contributed by atoms with E-state index in [-0.39, 0.29) is 12.2 Å². The van der Waals surface area contributed by atoms with Gasteiger partial charge in [0.1, 0.15) is 0 Å². The van der Waals surface area contributed by atoms with Crippen LogP contribution in [0.1, 0.15) is 12.6 Å². The lowest BCUT2D eigenvalue weighted by molar-refractivity contribution is -0.194. The van der Waals surface area contributed by atoms with Gasteiger partial charge in [-0.1, -0.05) is 6.08 Å². The second-order valence-electron chi connectivity index (χ2n) is 4.90. The first-order chi connectivity index (χ1) is 10.3. The summed E-state index contributed by atoms with van der Waals surface area (Å²) in [7, 11) is 0. The summed E-state index contributed by atoms with van der Waals surface area (Å²) in [5.41, 5.74) is -1.05. The van der Waals surface area contributed by atoms with Crippen LogP contribution in [0.15, 0.2) is 31.5 Å². The van der Waals surface area contributed by atoms with Crippen molar-refractivity contribution in [2.75, 3.05) is 11.9 Å². The molecule has 0 aromatic carbocycles. The minimum atomic E-state index is -4.39. The first-order valence-electron chi connectivity index (χ1n) is 6.34. The van der Waals surface area contributed by atoms with E-state index in [0.29, 0.717) is 11.4 Å². The van der Waals surface area contributed by atoms with Gasteiger partial charge in [-0.15, -0.1) is 18.3 Å². The number of aromatic nitrogens is 3. The van der Waals surface area contributed by atoms with Crippen LogP contribution in [0.25, 0.3) is 11.7 Å². The SMILES string of the molecule is C=C.C[C@]1(C(F)(F)F)C=Cc2c(cnc3cc(F)nn23)NC1. The zero-order chi connectivity index (χ0) is 16.5. The second-order valence-corrected chi connectivity index (χ2v) is 4.90. The van der Waals surface area contributed by atoms with Gasteiger partial charge < -0.3 is 5.32 Å². The van der Waals surface area contributed by atoms with E-state index in [1.807, 2.05) is 0 Å². The third-order valence-electron chi connectivity index (χ3n) is 3.39. The van der Waals surface area contributed by atoms with E-state index in [9.17, 15) is 17.6 Å². The molecule has 1 aliphatic heterocycles. The predicted octanol–water partition coefficient (Wildman–Crippen LogP) is 3.68. The fourth-order valence-corrected chi connectivity index (χ4v) is 2.02. The Hall–Kier alpha value is -2.38. The molecule has 0 saturated heterocycles. The Morgan fingerprint density at radius 3 is 2.68 bits per heavy atom. The van der Waals surface area contributed by atoms with Crippen molar-refractivity contribution in [1.82, 2.24) is 14.6 Å². The van der Waals surface area contributed by atoms with Crippen LogP contribution in [-0.2, 0) is 0 Å². The van der Waals surface area contributed by atoms with Gasteiger partial charge in [0.25, 0.3) is 0 Å². The summed E-state index contributed by atoms with van der Waals surface area (Å²) in [6.45, 7) is 6.77. The summed E-state index contributed by atoms with van der Waals surface area (Å²) < 4.78 is 53.5. The number of rotatable bonds is 0. The Bertz CT molecular complexity index is 719. The molecule has 0 saturated carbocycles. The molecule has 2 aromatic rings. The number of hydrogen-bond acceptors (Lipinski definition) is 3. The van der Waals surface area contributed by atoms with E-state index >= 15 is 0 Å². The zero-order valence-corrected chi connectivity index (χ0v) is 11.8. The highest BCUT2D eigenvalue weighted by Crippen LogP contribution is 2.41. The molecule has 1 atom stereocenters. The second kappa shape index (κ2) is 5.43. The maximum absolute atomic E-state index is 13.1. The molecule has 4 nitrogen and oxygen atoms in total. The lowest BCUT2D eigenvalue weighted by Gasteiger charge is -2.28. The third-order valence-corrected chi connectivity index (χ3v) is 3.39. The molecular weight excluding hydrogens is 300 g/mol. The van der Waals surface area contributed by atoms with Crippen molar-refractivity contribution >= 4 is 17.4 Å². The molecule has 0 fully saturated rings. The molecule has 2 aromatic heterocycles. The summed E-state index contributed by atoms with van der Waals surface area (Å²) in [6, 6.07) is 1.11. The number of fused-ring (bicyclic) bond motifs is 3. The molecular formula is C14H14F4N4. The van der Waals surface area contributed by atoms with Crippen LogP contribution in [0, 0.1) is 11.4 Å². The molecule has 0 bridgehead atoms. The Balaban J connectivity index is 0.000000847. The summed E-state index contributed by atoms with van der Waals surface area (Å²) in [5.74, 6) is -0.734. The minimum Gasteiger partial charge on any atom is -0.381 e. The van der Waals surface area contributed by atoms with Crippen LogP contribution in [0.2, 0.25) is 0 Å². The number of alkyl halides is 3. The molecule has 0 amide bonds. The minimum absolute atomic E-state index is 0.239. The number of nitrogens with zero attached hydrogens (tertiary/aromatic N) is 3. The molecule has 3 heterocycles. The summed E-state index contributed by atoms with van der Waals surface area (Å²) >= 11 is 0. The Morgan fingerprint density at radius 2 is 2.05 bits per heavy atom. The van der Waals surface area contributed by atoms with Crippen molar-refractivity contribution in [1.29, 1.82) is 0 Å². The van der Waals surface area contributed by atoms with Crippen molar-refractivity contribution in [3.63, 3.8) is 0 Å². The highest BCUT2D eigenvalue weighted by atomic mass is 19.4. The van der Waals surface area contributed by atoms with Gasteiger partial charge in [0.05, 0.1) is 23.0 Å². The average molecular weight is 314 g/mol. The number of anilines is 1. The van der Waals surface area contributed by atoms with E-state index in [1.165, 1.54) is 16.8 Å². The molecule has 0 radical (unpaired) electrons. The molecule has 1 N–H and O–H groups in total. The van der Waals surface area contributed by atoms with Gasteiger partial charge >= 0.3 is 6.18 Å². The van der Waals surface area contributed by atoms with E-state index in [4.69, 9.17) is 0 Å². The van der Waals surface area contributed by atoms with Crippen LogP contribution < -0.4 is 5.32 Å². The monoisotopic (exact) mass is 314 g/mol. The third kappa shape index (κ3) is 2.56. The van der Waals surface area contributed by atoms with Crippen molar-refractivity contribution in [2.24, 2.45) is 5.41 Å². The molecule has 118 valence electrons. The molecule has 1 aliphatic rings. The van der Waals surface area contributed by atoms with Gasteiger partial charge in [-0.25, -0.2) is 9.50 Å². The number of nitrogens with one attached hydrogen (secondary N) is 1. The lowest BCUT2D eigenvalue weighted by atomic mass is 9.89. The molecule has 3 rings (SSSR count). The molecule has 22 heavy (non-hydrogen) atoms. The normalized spacial score (nSPS) is 20.6. The summed E-state index contributed by atoms with van der Waals surface area (Å²) in [5, 5.41) is 6.29. The summed E-state index contributed by atoms with van der Waals surface area (Å²) in [4.78, 5) is 3.95. The van der Waals surface area contributed by atoms with Gasteiger partial charge in [-0.2, -0.15) is 17.6 Å². The molecule has 8 heteroatoms. The van der Waals surface area contributed by atoms with Crippen LogP contribution in [0.4, 0.5) is 23.2 Å². The van der Waals surface area contributed by atoms with Gasteiger partial charge in [0.2, 0.25) is 5.95 Å². The van der Waals surface area contributed by atoms with Gasteiger partial charge in [0, 0.05) is 12.6 Å². The largest absolute Gasteiger partial charge is 0.399 e. The van der Waals surface area contributed by atoms with Crippen LogP contribution in [-0.4, -0.2) is 27.3 Å². The molecule has 0 unspecified atom stereocenters. The van der Waals surface area contributed by atoms with E-state index < -0.39 is 17.5 Å². The maximum Gasteiger partial charge on any atom is 0.399 e. The van der Waals surface area contributed by atoms with Crippen molar-refractivity contribution in [3.05, 3.63) is 43.1 Å². The molecule has 0 spiro atoms. The fourth-order valence-electron chi connectivity index (χ4n) is 2.02. The summed E-state index contributed by atoms with van der Waals surface area (Å²) in [6.07, 6.45) is -0.659. The van der Waals surface area contributed by atoms with Crippen molar-refractivity contribution in [2.45, 2.75) is 13.1 Å². The Morgan fingerprint density at radius 1 is 1.36 bits per heavy atom. The van der Waals surface area contributed by atoms with Crippen molar-refractivity contribution in [3.8, 4) is 0 Å². The van der Waals surface area contributed by atoms with Gasteiger partial charge in [0.15, 0.2) is 5.65 Å². The Labute approximate surface area is 124 Å². The zero-order valence-electron chi connectivity index (χ0n) is 11.8. The number of hydrogen-bond donors (Lipinski definition) is 1. The highest BCUT2D eigenvalue weighted by Gasteiger charge is 2.49. The first kappa shape index (κ1) is 16.0. The van der Waals surface area contributed by atoms with Crippen LogP contribution in [0.5, 0.6) is 0 Å². The lowest BCUT2D eigenvalue weighted by Crippen LogP contribution is -2.38. The maximum atomic E-state index is 13.1. The van der Waals surface area contributed by atoms with Gasteiger partial charge in [-0.3, -0.25) is 0 Å². The fraction of sp³-hybridized carbons (Fsp3) is 0.286. The average Bonchev–Trinajstić information content (AvgIpc) is 2.74. The topological polar surface area (TPSA) is 42.2 Å². The van der Waals surface area contributed by atoms with Crippen molar-refractivity contribution < 1.29 is 17.6 Å². The van der Waals surface area contributed by atoms with E-state index in [1.54, 1.807) is 0 Å². The Kier molecular flexibility index (Phi) is 3.95. The predicted molar refractivity (Wildman–Crippen MR) is 75.9 cm³/mol. The first-order valence-corrected chi connectivity index (χ1v) is 6.34. The smallest absolute Gasteiger partial charge is 0.381 e. The standard InChI is InChI=1S/C12H10F4N4.C2H4/c1-11(12(14,15)16)3-2-8-7(18-6-11)5-17-10-4-9(13)19-20(8)10;1-2/h2-5,18H,6H2,1H3;1-2H2/t11-;/m0./s1. The highest BCUT2D eigenvalue weighted by molar-refractivity contribution is 5.67. The molecule has 0 aliphatic carbocycles.